The Morgan fingerprint density at radius 1 is 1.67 bits per heavy atom. The summed E-state index contributed by atoms with van der Waals surface area (Å²) in [5.41, 5.74) is 1.83. The van der Waals surface area contributed by atoms with E-state index in [2.05, 4.69) is 15.3 Å². The molecule has 0 aromatic carbocycles. The van der Waals surface area contributed by atoms with Crippen molar-refractivity contribution >= 4 is 5.97 Å². The fourth-order valence-corrected chi connectivity index (χ4v) is 1.85. The maximum atomic E-state index is 11.6. The topological polar surface area (TPSA) is 67.0 Å². The highest BCUT2D eigenvalue weighted by Gasteiger charge is 2.29. The van der Waals surface area contributed by atoms with Crippen LogP contribution in [-0.4, -0.2) is 29.1 Å². The van der Waals surface area contributed by atoms with Crippen molar-refractivity contribution in [2.45, 2.75) is 26.3 Å². The number of nitrogens with one attached hydrogen (secondary N) is 2. The van der Waals surface area contributed by atoms with E-state index in [-0.39, 0.29) is 5.97 Å². The number of carbonyl (C=O) groups is 1. The number of aromatic amines is 1. The summed E-state index contributed by atoms with van der Waals surface area (Å²) in [7, 11) is 0. The molecule has 0 fully saturated rings. The lowest BCUT2D eigenvalue weighted by molar-refractivity contribution is -0.146. The maximum absolute atomic E-state index is 11.6. The van der Waals surface area contributed by atoms with Crippen molar-refractivity contribution in [3.8, 4) is 0 Å². The molecule has 2 rings (SSSR count). The highest BCUT2D eigenvalue weighted by molar-refractivity contribution is 5.77. The number of rotatable bonds is 2. The van der Waals surface area contributed by atoms with Crippen LogP contribution in [0.1, 0.15) is 30.2 Å². The molecule has 1 unspecified atom stereocenters. The first-order chi connectivity index (χ1) is 7.22. The summed E-state index contributed by atoms with van der Waals surface area (Å²) in [5, 5.41) is 3.12. The minimum absolute atomic E-state index is 0.245. The standard InChI is InChI=1S/C10H15N3O2/c1-3-15-10(14)9-8-7(4-5-11-9)12-6(2)13-8/h9,11H,3-5H2,1-2H3,(H,12,13). The lowest BCUT2D eigenvalue weighted by atomic mass is 10.1. The Hall–Kier alpha value is -1.36. The molecule has 82 valence electrons. The van der Waals surface area contributed by atoms with E-state index in [1.807, 2.05) is 6.92 Å². The summed E-state index contributed by atoms with van der Waals surface area (Å²) in [6.07, 6.45) is 0.881. The SMILES string of the molecule is CCOC(=O)C1NCCc2[nH]c(C)nc21. The van der Waals surface area contributed by atoms with Crippen LogP contribution in [0.4, 0.5) is 0 Å². The van der Waals surface area contributed by atoms with Gasteiger partial charge in [0.15, 0.2) is 6.04 Å². The molecule has 1 aliphatic rings. The van der Waals surface area contributed by atoms with Crippen LogP contribution < -0.4 is 5.32 Å². The zero-order valence-electron chi connectivity index (χ0n) is 8.96. The number of fused-ring (bicyclic) bond motifs is 1. The van der Waals surface area contributed by atoms with Crippen LogP contribution in [0.5, 0.6) is 0 Å². The van der Waals surface area contributed by atoms with Crippen molar-refractivity contribution < 1.29 is 9.53 Å². The molecule has 0 saturated carbocycles. The fourth-order valence-electron chi connectivity index (χ4n) is 1.85. The van der Waals surface area contributed by atoms with Gasteiger partial charge in [0.1, 0.15) is 5.82 Å². The van der Waals surface area contributed by atoms with Gasteiger partial charge < -0.3 is 9.72 Å². The number of ether oxygens (including phenoxy) is 1. The second-order valence-electron chi connectivity index (χ2n) is 3.58. The molecule has 0 aliphatic carbocycles. The molecule has 1 aliphatic heterocycles. The van der Waals surface area contributed by atoms with E-state index in [0.717, 1.165) is 30.2 Å². The quantitative estimate of drug-likeness (QED) is 0.695. The summed E-state index contributed by atoms with van der Waals surface area (Å²) in [6, 6.07) is -0.404. The average Bonchev–Trinajstić information content (AvgIpc) is 2.57. The van der Waals surface area contributed by atoms with Crippen molar-refractivity contribution in [1.82, 2.24) is 15.3 Å². The van der Waals surface area contributed by atoms with Crippen LogP contribution in [0.2, 0.25) is 0 Å². The smallest absolute Gasteiger partial charge is 0.329 e. The highest BCUT2D eigenvalue weighted by atomic mass is 16.5. The van der Waals surface area contributed by atoms with Crippen LogP contribution in [0.25, 0.3) is 0 Å². The van der Waals surface area contributed by atoms with Crippen LogP contribution in [0.15, 0.2) is 0 Å². The van der Waals surface area contributed by atoms with Gasteiger partial charge in [-0.2, -0.15) is 0 Å². The molecule has 2 N–H and O–H groups in total. The summed E-state index contributed by atoms with van der Waals surface area (Å²) >= 11 is 0. The minimum Gasteiger partial charge on any atom is -0.465 e. The van der Waals surface area contributed by atoms with E-state index in [1.165, 1.54) is 0 Å². The normalized spacial score (nSPS) is 19.7. The van der Waals surface area contributed by atoms with E-state index < -0.39 is 6.04 Å². The molecule has 5 nitrogen and oxygen atoms in total. The van der Waals surface area contributed by atoms with Gasteiger partial charge >= 0.3 is 5.97 Å². The number of carbonyl (C=O) groups excluding carboxylic acids is 1. The molecular weight excluding hydrogens is 194 g/mol. The van der Waals surface area contributed by atoms with Crippen molar-refractivity contribution in [3.05, 3.63) is 17.2 Å². The zero-order valence-corrected chi connectivity index (χ0v) is 8.96. The van der Waals surface area contributed by atoms with Gasteiger partial charge in [0.2, 0.25) is 0 Å². The number of hydrogen-bond acceptors (Lipinski definition) is 4. The second-order valence-corrected chi connectivity index (χ2v) is 3.58. The largest absolute Gasteiger partial charge is 0.465 e. The van der Waals surface area contributed by atoms with Gasteiger partial charge in [-0.05, 0) is 13.8 Å². The molecule has 0 bridgehead atoms. The Bertz CT molecular complexity index is 373. The van der Waals surface area contributed by atoms with E-state index in [0.29, 0.717) is 6.61 Å². The van der Waals surface area contributed by atoms with E-state index in [4.69, 9.17) is 4.74 Å². The van der Waals surface area contributed by atoms with Gasteiger partial charge in [-0.25, -0.2) is 9.78 Å². The number of esters is 1. The number of H-pyrrole nitrogens is 1. The van der Waals surface area contributed by atoms with Crippen molar-refractivity contribution in [1.29, 1.82) is 0 Å². The Kier molecular flexibility index (Phi) is 2.73. The van der Waals surface area contributed by atoms with Crippen molar-refractivity contribution in [3.63, 3.8) is 0 Å². The van der Waals surface area contributed by atoms with Gasteiger partial charge in [0.05, 0.1) is 12.3 Å². The zero-order chi connectivity index (χ0) is 10.8. The molecule has 0 amide bonds. The van der Waals surface area contributed by atoms with Crippen LogP contribution in [-0.2, 0) is 16.0 Å². The molecule has 2 heterocycles. The van der Waals surface area contributed by atoms with Crippen LogP contribution in [0, 0.1) is 6.92 Å². The van der Waals surface area contributed by atoms with Gasteiger partial charge in [-0.3, -0.25) is 5.32 Å². The van der Waals surface area contributed by atoms with Gasteiger partial charge in [-0.1, -0.05) is 0 Å². The summed E-state index contributed by atoms with van der Waals surface area (Å²) in [4.78, 5) is 19.1. The van der Waals surface area contributed by atoms with Gasteiger partial charge in [-0.15, -0.1) is 0 Å². The Labute approximate surface area is 88.2 Å². The van der Waals surface area contributed by atoms with Gasteiger partial charge in [0, 0.05) is 18.7 Å². The molecule has 0 spiro atoms. The molecule has 0 radical (unpaired) electrons. The Morgan fingerprint density at radius 2 is 2.47 bits per heavy atom. The molecular formula is C10H15N3O2. The Morgan fingerprint density at radius 3 is 3.20 bits per heavy atom. The lowest BCUT2D eigenvalue weighted by Gasteiger charge is -2.20. The third kappa shape index (κ3) is 1.87. The first kappa shape index (κ1) is 10.2. The number of imidazole rings is 1. The van der Waals surface area contributed by atoms with Crippen molar-refractivity contribution in [2.75, 3.05) is 13.2 Å². The highest BCUT2D eigenvalue weighted by Crippen LogP contribution is 2.21. The maximum Gasteiger partial charge on any atom is 0.329 e. The summed E-state index contributed by atoms with van der Waals surface area (Å²) in [5.74, 6) is 0.600. The fraction of sp³-hybridized carbons (Fsp3) is 0.600. The molecule has 1 atom stereocenters. The van der Waals surface area contributed by atoms with Crippen molar-refractivity contribution in [2.24, 2.45) is 0 Å². The van der Waals surface area contributed by atoms with E-state index >= 15 is 0 Å². The monoisotopic (exact) mass is 209 g/mol. The molecule has 5 heteroatoms. The van der Waals surface area contributed by atoms with Crippen LogP contribution >= 0.6 is 0 Å². The van der Waals surface area contributed by atoms with E-state index in [9.17, 15) is 4.79 Å². The minimum atomic E-state index is -0.404. The third-order valence-corrected chi connectivity index (χ3v) is 2.45. The first-order valence-corrected chi connectivity index (χ1v) is 5.17. The molecule has 1 aromatic rings. The van der Waals surface area contributed by atoms with Crippen LogP contribution in [0.3, 0.4) is 0 Å². The second kappa shape index (κ2) is 4.02. The summed E-state index contributed by atoms with van der Waals surface area (Å²) < 4.78 is 4.99. The lowest BCUT2D eigenvalue weighted by Crippen LogP contribution is -2.36. The Balaban J connectivity index is 2.25. The number of aryl methyl sites for hydroxylation is 1. The molecule has 15 heavy (non-hydrogen) atoms. The van der Waals surface area contributed by atoms with Gasteiger partial charge in [0.25, 0.3) is 0 Å². The number of nitrogens with zero attached hydrogens (tertiary/aromatic N) is 1. The number of aromatic nitrogens is 2. The predicted octanol–water partition coefficient (Wildman–Crippen LogP) is 0.468. The summed E-state index contributed by atoms with van der Waals surface area (Å²) in [6.45, 7) is 4.87. The first-order valence-electron chi connectivity index (χ1n) is 5.17. The predicted molar refractivity (Wildman–Crippen MR) is 54.4 cm³/mol. The molecule has 0 saturated heterocycles. The molecule has 1 aromatic heterocycles. The third-order valence-electron chi connectivity index (χ3n) is 2.45. The average molecular weight is 209 g/mol. The van der Waals surface area contributed by atoms with E-state index in [1.54, 1.807) is 6.92 Å². The number of hydrogen-bond donors (Lipinski definition) is 2.